The lowest BCUT2D eigenvalue weighted by Crippen LogP contribution is -2.11. The third-order valence-electron chi connectivity index (χ3n) is 4.00. The molecular weight excluding hydrogens is 334 g/mol. The van der Waals surface area contributed by atoms with Crippen molar-refractivity contribution in [3.63, 3.8) is 0 Å². The van der Waals surface area contributed by atoms with Crippen molar-refractivity contribution in [1.82, 2.24) is 0 Å². The van der Waals surface area contributed by atoms with E-state index in [1.807, 2.05) is 37.3 Å². The number of benzene rings is 2. The molecule has 0 fully saturated rings. The number of hydrogen-bond acceptors (Lipinski definition) is 3. The highest BCUT2D eigenvalue weighted by Gasteiger charge is 2.19. The van der Waals surface area contributed by atoms with Gasteiger partial charge in [0, 0.05) is 6.42 Å². The minimum absolute atomic E-state index is 0.174. The fourth-order valence-electron chi connectivity index (χ4n) is 2.71. The Balaban J connectivity index is 2.00. The van der Waals surface area contributed by atoms with Crippen molar-refractivity contribution in [1.29, 1.82) is 0 Å². The Kier molecular flexibility index (Phi) is 5.04. The van der Waals surface area contributed by atoms with Crippen LogP contribution in [-0.2, 0) is 21.2 Å². The van der Waals surface area contributed by atoms with Crippen LogP contribution in [0.25, 0.3) is 6.08 Å². The summed E-state index contributed by atoms with van der Waals surface area (Å²) in [6, 6.07) is 14.5. The molecule has 2 aromatic carbocycles. The van der Waals surface area contributed by atoms with Crippen molar-refractivity contribution >= 4 is 22.0 Å². The first-order valence-corrected chi connectivity index (χ1v) is 9.79. The molecule has 5 heteroatoms. The maximum Gasteiger partial charge on any atom is 0.285 e. The third kappa shape index (κ3) is 4.17. The monoisotopic (exact) mass is 355 g/mol. The zero-order valence-electron chi connectivity index (χ0n) is 14.4. The molecule has 0 saturated heterocycles. The minimum atomic E-state index is -3.80. The SMILES string of the molecule is CCCC1=Cc2ccccc2C/C(=N/S(=O)(=O)c2ccc(C)cc2)O1. The number of fused-ring (bicyclic) bond motifs is 1. The molecule has 0 bridgehead atoms. The van der Waals surface area contributed by atoms with E-state index in [4.69, 9.17) is 4.74 Å². The Labute approximate surface area is 148 Å². The molecule has 25 heavy (non-hydrogen) atoms. The van der Waals surface area contributed by atoms with E-state index < -0.39 is 10.0 Å². The van der Waals surface area contributed by atoms with Crippen LogP contribution in [0, 0.1) is 6.92 Å². The molecule has 0 aromatic heterocycles. The second-order valence-electron chi connectivity index (χ2n) is 6.11. The number of aryl methyl sites for hydroxylation is 1. The molecule has 2 aromatic rings. The molecule has 1 heterocycles. The van der Waals surface area contributed by atoms with Crippen molar-refractivity contribution in [3.8, 4) is 0 Å². The van der Waals surface area contributed by atoms with Gasteiger partial charge < -0.3 is 4.74 Å². The topological polar surface area (TPSA) is 55.7 Å². The summed E-state index contributed by atoms with van der Waals surface area (Å²) in [7, 11) is -3.80. The lowest BCUT2D eigenvalue weighted by atomic mass is 10.0. The lowest BCUT2D eigenvalue weighted by Gasteiger charge is -2.09. The normalized spacial score (nSPS) is 15.9. The van der Waals surface area contributed by atoms with E-state index in [-0.39, 0.29) is 10.8 Å². The molecule has 0 atom stereocenters. The first-order valence-electron chi connectivity index (χ1n) is 8.35. The first kappa shape index (κ1) is 17.4. The Morgan fingerprint density at radius 2 is 1.80 bits per heavy atom. The molecule has 0 saturated carbocycles. The third-order valence-corrected chi connectivity index (χ3v) is 5.31. The van der Waals surface area contributed by atoms with Crippen LogP contribution >= 0.6 is 0 Å². The maximum absolute atomic E-state index is 12.6. The summed E-state index contributed by atoms with van der Waals surface area (Å²) >= 11 is 0. The van der Waals surface area contributed by atoms with Gasteiger partial charge in [0.2, 0.25) is 5.90 Å². The highest BCUT2D eigenvalue weighted by molar-refractivity contribution is 7.90. The summed E-state index contributed by atoms with van der Waals surface area (Å²) in [5.74, 6) is 0.954. The average Bonchev–Trinajstić information content (AvgIpc) is 2.73. The Morgan fingerprint density at radius 3 is 2.52 bits per heavy atom. The van der Waals surface area contributed by atoms with Crippen molar-refractivity contribution in [2.45, 2.75) is 38.0 Å². The number of sulfonamides is 1. The summed E-state index contributed by atoms with van der Waals surface area (Å²) in [6.07, 6.45) is 3.97. The highest BCUT2D eigenvalue weighted by atomic mass is 32.2. The predicted molar refractivity (Wildman–Crippen MR) is 99.9 cm³/mol. The zero-order valence-corrected chi connectivity index (χ0v) is 15.2. The van der Waals surface area contributed by atoms with Crippen LogP contribution < -0.4 is 0 Å². The van der Waals surface area contributed by atoms with Crippen molar-refractivity contribution in [3.05, 3.63) is 71.0 Å². The van der Waals surface area contributed by atoms with Crippen LogP contribution in [-0.4, -0.2) is 14.3 Å². The van der Waals surface area contributed by atoms with Crippen LogP contribution in [0.3, 0.4) is 0 Å². The van der Waals surface area contributed by atoms with E-state index in [0.717, 1.165) is 35.3 Å². The number of hydrogen-bond donors (Lipinski definition) is 0. The molecule has 1 aliphatic rings. The van der Waals surface area contributed by atoms with Crippen LogP contribution in [0.2, 0.25) is 0 Å². The van der Waals surface area contributed by atoms with E-state index in [2.05, 4.69) is 11.3 Å². The number of ether oxygens (including phenoxy) is 1. The predicted octanol–water partition coefficient (Wildman–Crippen LogP) is 4.50. The summed E-state index contributed by atoms with van der Waals surface area (Å²) in [5, 5.41) is 0. The summed E-state index contributed by atoms with van der Waals surface area (Å²) in [4.78, 5) is 0.174. The first-order chi connectivity index (χ1) is 12.0. The van der Waals surface area contributed by atoms with Gasteiger partial charge in [-0.1, -0.05) is 48.9 Å². The van der Waals surface area contributed by atoms with Crippen LogP contribution in [0.4, 0.5) is 0 Å². The number of rotatable bonds is 4. The maximum atomic E-state index is 12.6. The van der Waals surface area contributed by atoms with Gasteiger partial charge in [-0.05, 0) is 42.7 Å². The molecule has 0 aliphatic carbocycles. The van der Waals surface area contributed by atoms with Crippen LogP contribution in [0.15, 0.2) is 63.6 Å². The Hall–Kier alpha value is -2.40. The summed E-state index contributed by atoms with van der Waals surface area (Å²) in [5.41, 5.74) is 3.05. The Bertz CT molecular complexity index is 926. The molecule has 4 nitrogen and oxygen atoms in total. The zero-order chi connectivity index (χ0) is 17.9. The number of allylic oxidation sites excluding steroid dienone is 1. The molecule has 0 spiro atoms. The molecule has 0 N–H and O–H groups in total. The van der Waals surface area contributed by atoms with E-state index in [0.29, 0.717) is 6.42 Å². The van der Waals surface area contributed by atoms with E-state index in [1.165, 1.54) is 0 Å². The van der Waals surface area contributed by atoms with Crippen LogP contribution in [0.1, 0.15) is 36.5 Å². The van der Waals surface area contributed by atoms with Crippen molar-refractivity contribution in [2.24, 2.45) is 4.40 Å². The van der Waals surface area contributed by atoms with E-state index in [9.17, 15) is 8.42 Å². The van der Waals surface area contributed by atoms with Gasteiger partial charge in [-0.25, -0.2) is 0 Å². The van der Waals surface area contributed by atoms with E-state index >= 15 is 0 Å². The summed E-state index contributed by atoms with van der Waals surface area (Å²) < 4.78 is 35.1. The molecule has 0 unspecified atom stereocenters. The van der Waals surface area contributed by atoms with Gasteiger partial charge in [0.05, 0.1) is 11.3 Å². The van der Waals surface area contributed by atoms with Gasteiger partial charge in [-0.15, -0.1) is 4.40 Å². The minimum Gasteiger partial charge on any atom is -0.446 e. The largest absolute Gasteiger partial charge is 0.446 e. The summed E-state index contributed by atoms with van der Waals surface area (Å²) in [6.45, 7) is 3.97. The highest BCUT2D eigenvalue weighted by Crippen LogP contribution is 2.24. The van der Waals surface area contributed by atoms with Gasteiger partial charge in [0.1, 0.15) is 5.76 Å². The lowest BCUT2D eigenvalue weighted by molar-refractivity contribution is 0.391. The quantitative estimate of drug-likeness (QED) is 0.811. The fraction of sp³-hybridized carbons (Fsp3) is 0.250. The smallest absolute Gasteiger partial charge is 0.285 e. The fourth-order valence-corrected chi connectivity index (χ4v) is 3.66. The standard InChI is InChI=1S/C20H21NO3S/c1-3-6-18-13-16-7-4-5-8-17(16)14-20(24-18)21-25(22,23)19-11-9-15(2)10-12-19/h4-5,7-13H,3,6,14H2,1-2H3/b21-20-. The molecular formula is C20H21NO3S. The second-order valence-corrected chi connectivity index (χ2v) is 7.72. The van der Waals surface area contributed by atoms with Crippen molar-refractivity contribution < 1.29 is 13.2 Å². The molecule has 1 aliphatic heterocycles. The van der Waals surface area contributed by atoms with Gasteiger partial charge in [0.15, 0.2) is 0 Å². The van der Waals surface area contributed by atoms with E-state index in [1.54, 1.807) is 24.3 Å². The molecule has 0 radical (unpaired) electrons. The average molecular weight is 355 g/mol. The van der Waals surface area contributed by atoms with Crippen molar-refractivity contribution in [2.75, 3.05) is 0 Å². The molecule has 130 valence electrons. The van der Waals surface area contributed by atoms with Crippen LogP contribution in [0.5, 0.6) is 0 Å². The van der Waals surface area contributed by atoms with Gasteiger partial charge >= 0.3 is 0 Å². The second kappa shape index (κ2) is 7.23. The molecule has 3 rings (SSSR count). The Morgan fingerprint density at radius 1 is 1.08 bits per heavy atom. The van der Waals surface area contributed by atoms with Gasteiger partial charge in [-0.2, -0.15) is 8.42 Å². The van der Waals surface area contributed by atoms with Gasteiger partial charge in [0.25, 0.3) is 10.0 Å². The molecule has 0 amide bonds. The number of nitrogens with zero attached hydrogens (tertiary/aromatic N) is 1. The van der Waals surface area contributed by atoms with Gasteiger partial charge in [-0.3, -0.25) is 0 Å².